The van der Waals surface area contributed by atoms with Gasteiger partial charge in [0.05, 0.1) is 16.9 Å². The largest absolute Gasteiger partial charge is 0.355 e. The number of non-ortho nitro benzene ring substituents is 1. The van der Waals surface area contributed by atoms with Crippen molar-refractivity contribution in [2.45, 2.75) is 32.9 Å². The zero-order valence-corrected chi connectivity index (χ0v) is 19.6. The Morgan fingerprint density at radius 1 is 1.09 bits per heavy atom. The highest BCUT2D eigenvalue weighted by Gasteiger charge is 2.31. The van der Waals surface area contributed by atoms with Gasteiger partial charge in [0.2, 0.25) is 21.8 Å². The van der Waals surface area contributed by atoms with Gasteiger partial charge in [-0.15, -0.1) is 0 Å². The number of nitro benzene ring substituents is 1. The van der Waals surface area contributed by atoms with Gasteiger partial charge in [-0.25, -0.2) is 8.42 Å². The van der Waals surface area contributed by atoms with E-state index in [0.717, 1.165) is 22.2 Å². The molecule has 178 valence electrons. The van der Waals surface area contributed by atoms with Crippen LogP contribution in [-0.2, 0) is 26.2 Å². The number of rotatable bonds is 11. The average Bonchev–Trinajstić information content (AvgIpc) is 2.77. The van der Waals surface area contributed by atoms with Crippen molar-refractivity contribution in [2.24, 2.45) is 0 Å². The molecule has 1 atom stereocenters. The number of nitrogens with zero attached hydrogens (tertiary/aromatic N) is 3. The van der Waals surface area contributed by atoms with Gasteiger partial charge < -0.3 is 10.2 Å². The maximum Gasteiger partial charge on any atom is 0.271 e. The van der Waals surface area contributed by atoms with Gasteiger partial charge in [0.1, 0.15) is 12.6 Å². The summed E-state index contributed by atoms with van der Waals surface area (Å²) in [6, 6.07) is 13.3. The van der Waals surface area contributed by atoms with Crippen molar-refractivity contribution < 1.29 is 22.9 Å². The van der Waals surface area contributed by atoms with E-state index in [4.69, 9.17) is 0 Å². The van der Waals surface area contributed by atoms with Gasteiger partial charge in [-0.1, -0.05) is 43.3 Å². The summed E-state index contributed by atoms with van der Waals surface area (Å²) in [5.74, 6) is -0.945. The molecule has 0 spiro atoms. The topological polar surface area (TPSA) is 130 Å². The fraction of sp³-hybridized carbons (Fsp3) is 0.364. The number of anilines is 1. The summed E-state index contributed by atoms with van der Waals surface area (Å²) >= 11 is 0. The number of carbonyl (C=O) groups is 2. The van der Waals surface area contributed by atoms with E-state index in [1.54, 1.807) is 38.1 Å². The zero-order valence-electron chi connectivity index (χ0n) is 18.8. The lowest BCUT2D eigenvalue weighted by Crippen LogP contribution is -2.52. The Balaban J connectivity index is 2.44. The molecule has 0 saturated carbocycles. The van der Waals surface area contributed by atoms with E-state index >= 15 is 0 Å². The molecule has 0 aliphatic rings. The maximum atomic E-state index is 13.4. The van der Waals surface area contributed by atoms with Crippen molar-refractivity contribution in [3.8, 4) is 0 Å². The first-order chi connectivity index (χ1) is 15.6. The molecular weight excluding hydrogens is 448 g/mol. The van der Waals surface area contributed by atoms with Crippen LogP contribution in [0.4, 0.5) is 11.4 Å². The van der Waals surface area contributed by atoms with Crippen molar-refractivity contribution in [1.82, 2.24) is 10.2 Å². The molecule has 11 heteroatoms. The lowest BCUT2D eigenvalue weighted by Gasteiger charge is -2.32. The van der Waals surface area contributed by atoms with Crippen LogP contribution < -0.4 is 9.62 Å². The Kier molecular flexibility index (Phi) is 8.92. The lowest BCUT2D eigenvalue weighted by molar-refractivity contribution is -0.384. The second-order valence-corrected chi connectivity index (χ2v) is 9.28. The SMILES string of the molecule is CCNC(=O)C(CC)N(Cc1ccccc1)C(=O)CN(c1cccc([N+](=O)[O-])c1)S(C)(=O)=O. The highest BCUT2D eigenvalue weighted by molar-refractivity contribution is 7.92. The van der Waals surface area contributed by atoms with Crippen LogP contribution in [0, 0.1) is 10.1 Å². The summed E-state index contributed by atoms with van der Waals surface area (Å²) in [4.78, 5) is 37.9. The maximum absolute atomic E-state index is 13.4. The van der Waals surface area contributed by atoms with E-state index < -0.39 is 33.4 Å². The number of hydrogen-bond acceptors (Lipinski definition) is 6. The van der Waals surface area contributed by atoms with Crippen LogP contribution in [0.2, 0.25) is 0 Å². The molecule has 0 saturated heterocycles. The summed E-state index contributed by atoms with van der Waals surface area (Å²) in [6.45, 7) is 3.40. The normalized spacial score (nSPS) is 12.0. The smallest absolute Gasteiger partial charge is 0.271 e. The van der Waals surface area contributed by atoms with Gasteiger partial charge in [-0.2, -0.15) is 0 Å². The van der Waals surface area contributed by atoms with E-state index in [2.05, 4.69) is 5.32 Å². The van der Waals surface area contributed by atoms with Gasteiger partial charge in [-0.3, -0.25) is 24.0 Å². The summed E-state index contributed by atoms with van der Waals surface area (Å²) < 4.78 is 25.8. The predicted molar refractivity (Wildman–Crippen MR) is 125 cm³/mol. The van der Waals surface area contributed by atoms with E-state index in [-0.39, 0.29) is 23.8 Å². The van der Waals surface area contributed by atoms with E-state index in [1.165, 1.54) is 23.1 Å². The average molecular weight is 477 g/mol. The monoisotopic (exact) mass is 476 g/mol. The molecule has 1 N–H and O–H groups in total. The second-order valence-electron chi connectivity index (χ2n) is 7.37. The molecule has 0 fully saturated rings. The number of likely N-dealkylation sites (N-methyl/N-ethyl adjacent to an activating group) is 1. The number of sulfonamides is 1. The molecule has 0 heterocycles. The number of hydrogen-bond donors (Lipinski definition) is 1. The van der Waals surface area contributed by atoms with Crippen LogP contribution in [0.1, 0.15) is 25.8 Å². The number of nitro groups is 1. The van der Waals surface area contributed by atoms with Crippen molar-refractivity contribution >= 4 is 33.2 Å². The molecule has 2 amide bonds. The minimum Gasteiger partial charge on any atom is -0.355 e. The zero-order chi connectivity index (χ0) is 24.6. The summed E-state index contributed by atoms with van der Waals surface area (Å²) in [5, 5.41) is 13.9. The van der Waals surface area contributed by atoms with Crippen LogP contribution in [-0.4, -0.2) is 55.4 Å². The van der Waals surface area contributed by atoms with Crippen LogP contribution in [0.5, 0.6) is 0 Å². The Morgan fingerprint density at radius 2 is 1.76 bits per heavy atom. The van der Waals surface area contributed by atoms with Gasteiger partial charge in [0, 0.05) is 25.2 Å². The summed E-state index contributed by atoms with van der Waals surface area (Å²) in [5.41, 5.74) is 0.462. The third-order valence-electron chi connectivity index (χ3n) is 4.94. The standard InChI is InChI=1S/C22H28N4O6S/c1-4-20(22(28)23-5-2)24(15-17-10-7-6-8-11-17)21(27)16-25(33(3,31)32)18-12-9-13-19(14-18)26(29)30/h6-14,20H,4-5,15-16H2,1-3H3,(H,23,28). The molecule has 0 radical (unpaired) electrons. The third kappa shape index (κ3) is 7.01. The molecule has 0 aliphatic carbocycles. The summed E-state index contributed by atoms with van der Waals surface area (Å²) in [6.07, 6.45) is 1.24. The molecule has 1 unspecified atom stereocenters. The first kappa shape index (κ1) is 25.8. The summed E-state index contributed by atoms with van der Waals surface area (Å²) in [7, 11) is -3.96. The van der Waals surface area contributed by atoms with E-state index in [1.807, 2.05) is 6.07 Å². The number of carbonyl (C=O) groups excluding carboxylic acids is 2. The van der Waals surface area contributed by atoms with Gasteiger partial charge in [0.25, 0.3) is 5.69 Å². The fourth-order valence-corrected chi connectivity index (χ4v) is 4.21. The van der Waals surface area contributed by atoms with E-state index in [9.17, 15) is 28.1 Å². The van der Waals surface area contributed by atoms with Crippen molar-refractivity contribution in [3.05, 3.63) is 70.3 Å². The molecule has 2 rings (SSSR count). The lowest BCUT2D eigenvalue weighted by atomic mass is 10.1. The highest BCUT2D eigenvalue weighted by atomic mass is 32.2. The fourth-order valence-electron chi connectivity index (χ4n) is 3.37. The number of amides is 2. The molecule has 2 aromatic rings. The highest BCUT2D eigenvalue weighted by Crippen LogP contribution is 2.24. The molecule has 33 heavy (non-hydrogen) atoms. The minimum atomic E-state index is -3.96. The van der Waals surface area contributed by atoms with Crippen LogP contribution in [0.25, 0.3) is 0 Å². The molecular formula is C22H28N4O6S. The molecule has 0 bridgehead atoms. The van der Waals surface area contributed by atoms with Crippen LogP contribution >= 0.6 is 0 Å². The minimum absolute atomic E-state index is 0.00855. The van der Waals surface area contributed by atoms with Crippen molar-refractivity contribution in [1.29, 1.82) is 0 Å². The Morgan fingerprint density at radius 3 is 2.30 bits per heavy atom. The van der Waals surface area contributed by atoms with Crippen molar-refractivity contribution in [2.75, 3.05) is 23.7 Å². The number of benzene rings is 2. The predicted octanol–water partition coefficient (Wildman–Crippen LogP) is 2.30. The van der Waals surface area contributed by atoms with Gasteiger partial charge in [-0.05, 0) is 25.0 Å². The Bertz CT molecular complexity index is 1090. The molecule has 0 aliphatic heterocycles. The first-order valence-electron chi connectivity index (χ1n) is 10.4. The van der Waals surface area contributed by atoms with E-state index in [0.29, 0.717) is 13.0 Å². The quantitative estimate of drug-likeness (QED) is 0.391. The van der Waals surface area contributed by atoms with Crippen LogP contribution in [0.3, 0.4) is 0 Å². The molecule has 10 nitrogen and oxygen atoms in total. The number of nitrogens with one attached hydrogen (secondary N) is 1. The molecule has 0 aromatic heterocycles. The van der Waals surface area contributed by atoms with Crippen LogP contribution in [0.15, 0.2) is 54.6 Å². The first-order valence-corrected chi connectivity index (χ1v) is 12.3. The van der Waals surface area contributed by atoms with Crippen molar-refractivity contribution in [3.63, 3.8) is 0 Å². The second kappa shape index (κ2) is 11.4. The third-order valence-corrected chi connectivity index (χ3v) is 6.08. The Hall–Kier alpha value is -3.47. The molecule has 2 aromatic carbocycles. The van der Waals surface area contributed by atoms with Gasteiger partial charge >= 0.3 is 0 Å². The van der Waals surface area contributed by atoms with Gasteiger partial charge in [0.15, 0.2) is 0 Å². The Labute approximate surface area is 193 Å².